The van der Waals surface area contributed by atoms with Gasteiger partial charge in [-0.1, -0.05) is 48.2 Å². The molecule has 0 unspecified atom stereocenters. The van der Waals surface area contributed by atoms with Crippen LogP contribution in [0.5, 0.6) is 0 Å². The maximum atomic E-state index is 14.4. The standard InChI is InChI=1S/C24H24FN3O2/c1-16-21(22(25)28(4)27-16)23(29)26-20-15-17(13-14-24(2,3)30-5)11-12-19(20)18-9-7-6-8-10-18/h6-12,15H,1-5H3,(H,26,29). The Kier molecular flexibility index (Phi) is 6.04. The van der Waals surface area contributed by atoms with Crippen LogP contribution in [-0.4, -0.2) is 28.4 Å². The lowest BCUT2D eigenvalue weighted by molar-refractivity contribution is 0.0741. The largest absolute Gasteiger partial charge is 0.366 e. The van der Waals surface area contributed by atoms with Crippen molar-refractivity contribution in [3.63, 3.8) is 0 Å². The molecule has 0 bridgehead atoms. The average Bonchev–Trinajstić information content (AvgIpc) is 2.99. The Morgan fingerprint density at radius 2 is 1.90 bits per heavy atom. The fraction of sp³-hybridized carbons (Fsp3) is 0.250. The number of aromatic nitrogens is 2. The van der Waals surface area contributed by atoms with Crippen molar-refractivity contribution in [3.05, 3.63) is 71.3 Å². The van der Waals surface area contributed by atoms with Gasteiger partial charge in [0.15, 0.2) is 0 Å². The first-order valence-corrected chi connectivity index (χ1v) is 9.50. The molecule has 0 aliphatic heterocycles. The van der Waals surface area contributed by atoms with Crippen molar-refractivity contribution in [2.24, 2.45) is 7.05 Å². The number of carbonyl (C=O) groups excluding carboxylic acids is 1. The second kappa shape index (κ2) is 8.52. The number of benzene rings is 2. The normalized spacial score (nSPS) is 11.0. The van der Waals surface area contributed by atoms with Crippen molar-refractivity contribution in [1.29, 1.82) is 0 Å². The molecule has 0 aliphatic rings. The van der Waals surface area contributed by atoms with Crippen LogP contribution in [0.3, 0.4) is 0 Å². The lowest BCUT2D eigenvalue weighted by Gasteiger charge is -2.15. The Morgan fingerprint density at radius 1 is 1.20 bits per heavy atom. The number of methoxy groups -OCH3 is 1. The zero-order valence-electron chi connectivity index (χ0n) is 17.7. The van der Waals surface area contributed by atoms with Gasteiger partial charge in [-0.05, 0) is 38.5 Å². The molecule has 1 aromatic heterocycles. The summed E-state index contributed by atoms with van der Waals surface area (Å²) in [5, 5.41) is 6.82. The molecule has 0 saturated carbocycles. The van der Waals surface area contributed by atoms with E-state index in [1.165, 1.54) is 7.05 Å². The molecule has 30 heavy (non-hydrogen) atoms. The highest BCUT2D eigenvalue weighted by Gasteiger charge is 2.21. The van der Waals surface area contributed by atoms with Gasteiger partial charge in [0, 0.05) is 25.3 Å². The van der Waals surface area contributed by atoms with E-state index in [0.29, 0.717) is 16.9 Å². The molecular weight excluding hydrogens is 381 g/mol. The molecule has 3 aromatic rings. The Morgan fingerprint density at radius 3 is 2.50 bits per heavy atom. The summed E-state index contributed by atoms with van der Waals surface area (Å²) in [6, 6.07) is 15.2. The maximum Gasteiger partial charge on any atom is 0.262 e. The Bertz CT molecular complexity index is 1140. The van der Waals surface area contributed by atoms with Gasteiger partial charge in [-0.15, -0.1) is 0 Å². The molecule has 2 aromatic carbocycles. The van der Waals surface area contributed by atoms with Gasteiger partial charge in [0.05, 0.1) is 11.4 Å². The second-order valence-corrected chi connectivity index (χ2v) is 7.42. The van der Waals surface area contributed by atoms with Crippen LogP contribution < -0.4 is 5.32 Å². The second-order valence-electron chi connectivity index (χ2n) is 7.42. The molecule has 3 rings (SSSR count). The first kappa shape index (κ1) is 21.3. The lowest BCUT2D eigenvalue weighted by atomic mass is 10.0. The minimum Gasteiger partial charge on any atom is -0.366 e. The number of anilines is 1. The van der Waals surface area contributed by atoms with Crippen molar-refractivity contribution in [1.82, 2.24) is 9.78 Å². The van der Waals surface area contributed by atoms with Gasteiger partial charge in [-0.2, -0.15) is 9.49 Å². The number of hydrogen-bond acceptors (Lipinski definition) is 3. The van der Waals surface area contributed by atoms with Crippen molar-refractivity contribution >= 4 is 11.6 Å². The Labute approximate surface area is 175 Å². The van der Waals surface area contributed by atoms with Crippen LogP contribution >= 0.6 is 0 Å². The smallest absolute Gasteiger partial charge is 0.262 e. The number of hydrogen-bond donors (Lipinski definition) is 1. The van der Waals surface area contributed by atoms with Crippen LogP contribution in [0.4, 0.5) is 10.1 Å². The van der Waals surface area contributed by atoms with E-state index in [1.54, 1.807) is 20.1 Å². The minimum absolute atomic E-state index is 0.0754. The van der Waals surface area contributed by atoms with E-state index in [1.807, 2.05) is 56.3 Å². The number of carbonyl (C=O) groups is 1. The summed E-state index contributed by atoms with van der Waals surface area (Å²) in [5.41, 5.74) is 2.63. The third-order valence-electron chi connectivity index (χ3n) is 4.75. The molecule has 0 spiro atoms. The summed E-state index contributed by atoms with van der Waals surface area (Å²) in [7, 11) is 3.06. The van der Waals surface area contributed by atoms with Crippen LogP contribution in [0.25, 0.3) is 11.1 Å². The lowest BCUT2D eigenvalue weighted by Crippen LogP contribution is -2.19. The van der Waals surface area contributed by atoms with E-state index in [0.717, 1.165) is 15.8 Å². The molecule has 6 heteroatoms. The summed E-state index contributed by atoms with van der Waals surface area (Å²) in [6.45, 7) is 5.34. The molecule has 0 fully saturated rings. The van der Waals surface area contributed by atoms with E-state index in [2.05, 4.69) is 22.3 Å². The number of nitrogens with one attached hydrogen (secondary N) is 1. The van der Waals surface area contributed by atoms with E-state index in [-0.39, 0.29) is 5.56 Å². The average molecular weight is 405 g/mol. The van der Waals surface area contributed by atoms with Crippen molar-refractivity contribution in [2.75, 3.05) is 12.4 Å². The highest BCUT2D eigenvalue weighted by Crippen LogP contribution is 2.30. The molecule has 0 aliphatic carbocycles. The van der Waals surface area contributed by atoms with Gasteiger partial charge in [0.2, 0.25) is 5.95 Å². The van der Waals surface area contributed by atoms with Gasteiger partial charge in [-0.25, -0.2) is 4.68 Å². The monoisotopic (exact) mass is 405 g/mol. The Balaban J connectivity index is 2.05. The van der Waals surface area contributed by atoms with Gasteiger partial charge < -0.3 is 10.1 Å². The maximum absolute atomic E-state index is 14.4. The Hall–Kier alpha value is -3.43. The number of rotatable bonds is 4. The predicted octanol–water partition coefficient (Wildman–Crippen LogP) is 4.56. The minimum atomic E-state index is -0.677. The fourth-order valence-corrected chi connectivity index (χ4v) is 2.94. The first-order valence-electron chi connectivity index (χ1n) is 9.50. The number of amides is 1. The SMILES string of the molecule is COC(C)(C)C#Cc1ccc(-c2ccccc2)c(NC(=O)c2c(C)nn(C)c2F)c1. The zero-order chi connectivity index (χ0) is 21.9. The molecule has 0 atom stereocenters. The van der Waals surface area contributed by atoms with Crippen LogP contribution in [0, 0.1) is 24.7 Å². The summed E-state index contributed by atoms with van der Waals surface area (Å²) in [6.07, 6.45) is 0. The van der Waals surface area contributed by atoms with Gasteiger partial charge >= 0.3 is 0 Å². The molecular formula is C24H24FN3O2. The first-order chi connectivity index (χ1) is 14.2. The van der Waals surface area contributed by atoms with Crippen LogP contribution in [0.2, 0.25) is 0 Å². The van der Waals surface area contributed by atoms with E-state index >= 15 is 0 Å². The van der Waals surface area contributed by atoms with Crippen molar-refractivity contribution in [2.45, 2.75) is 26.4 Å². The fourth-order valence-electron chi connectivity index (χ4n) is 2.94. The molecule has 0 saturated heterocycles. The molecule has 5 nitrogen and oxygen atoms in total. The highest BCUT2D eigenvalue weighted by molar-refractivity contribution is 6.07. The van der Waals surface area contributed by atoms with E-state index < -0.39 is 17.5 Å². The number of ether oxygens (including phenoxy) is 1. The number of nitrogens with zero attached hydrogens (tertiary/aromatic N) is 2. The summed E-state index contributed by atoms with van der Waals surface area (Å²) in [5.74, 6) is 4.90. The molecule has 1 amide bonds. The molecule has 0 radical (unpaired) electrons. The van der Waals surface area contributed by atoms with Crippen LogP contribution in [0.1, 0.15) is 35.5 Å². The van der Waals surface area contributed by atoms with Crippen molar-refractivity contribution in [3.8, 4) is 23.0 Å². The van der Waals surface area contributed by atoms with Crippen LogP contribution in [-0.2, 0) is 11.8 Å². The highest BCUT2D eigenvalue weighted by atomic mass is 19.1. The number of halogens is 1. The summed E-state index contributed by atoms with van der Waals surface area (Å²) in [4.78, 5) is 12.9. The van der Waals surface area contributed by atoms with Gasteiger partial charge in [0.1, 0.15) is 11.2 Å². The number of aryl methyl sites for hydroxylation is 2. The summed E-state index contributed by atoms with van der Waals surface area (Å²) < 4.78 is 20.8. The topological polar surface area (TPSA) is 56.1 Å². The molecule has 1 N–H and O–H groups in total. The zero-order valence-corrected chi connectivity index (χ0v) is 17.7. The van der Waals surface area contributed by atoms with Crippen LogP contribution in [0.15, 0.2) is 48.5 Å². The third kappa shape index (κ3) is 4.58. The molecule has 154 valence electrons. The van der Waals surface area contributed by atoms with Gasteiger partial charge in [-0.3, -0.25) is 4.79 Å². The molecule has 1 heterocycles. The van der Waals surface area contributed by atoms with E-state index in [9.17, 15) is 9.18 Å². The predicted molar refractivity (Wildman–Crippen MR) is 116 cm³/mol. The summed E-state index contributed by atoms with van der Waals surface area (Å²) >= 11 is 0. The third-order valence-corrected chi connectivity index (χ3v) is 4.75. The quantitative estimate of drug-likeness (QED) is 0.647. The van der Waals surface area contributed by atoms with Crippen molar-refractivity contribution < 1.29 is 13.9 Å². The van der Waals surface area contributed by atoms with Gasteiger partial charge in [0.25, 0.3) is 5.91 Å². The van der Waals surface area contributed by atoms with E-state index in [4.69, 9.17) is 4.74 Å².